The van der Waals surface area contributed by atoms with Crippen LogP contribution in [0.3, 0.4) is 0 Å². The van der Waals surface area contributed by atoms with Crippen LogP contribution >= 0.6 is 22.9 Å². The summed E-state index contributed by atoms with van der Waals surface area (Å²) in [6.45, 7) is 1.22. The largest absolute Gasteiger partial charge is 0.311 e. The normalized spacial score (nSPS) is 16.6. The van der Waals surface area contributed by atoms with E-state index >= 15 is 0 Å². The molecule has 1 aliphatic rings. The number of nitrogens with one attached hydrogen (secondary N) is 2. The molecular weight excluding hydrogens is 456 g/mol. The molecule has 0 unspecified atom stereocenters. The Balaban J connectivity index is 0.00000289. The SMILES string of the molecule is O=C1[C@@H](NCCc2ccccc2Cl)CCN1c1ccc(S(=O)(=O)Nc2nccs2)cc1.[HH]. The van der Waals surface area contributed by atoms with Gasteiger partial charge in [-0.05, 0) is 55.3 Å². The first-order valence-corrected chi connectivity index (χ1v) is 12.5. The predicted octanol–water partition coefficient (Wildman–Crippen LogP) is 3.78. The molecule has 7 nitrogen and oxygen atoms in total. The van der Waals surface area contributed by atoms with Crippen LogP contribution in [0, 0.1) is 0 Å². The molecule has 1 aliphatic heterocycles. The van der Waals surface area contributed by atoms with E-state index in [1.54, 1.807) is 22.4 Å². The summed E-state index contributed by atoms with van der Waals surface area (Å²) < 4.78 is 27.4. The van der Waals surface area contributed by atoms with E-state index in [0.29, 0.717) is 30.3 Å². The zero-order chi connectivity index (χ0) is 21.8. The minimum atomic E-state index is -3.72. The molecule has 1 fully saturated rings. The summed E-state index contributed by atoms with van der Waals surface area (Å²) in [5.41, 5.74) is 1.72. The van der Waals surface area contributed by atoms with Crippen LogP contribution in [-0.2, 0) is 21.2 Å². The molecule has 1 atom stereocenters. The quantitative estimate of drug-likeness (QED) is 0.514. The molecule has 1 saturated heterocycles. The minimum absolute atomic E-state index is 0. The molecule has 164 valence electrons. The molecule has 0 saturated carbocycles. The first-order chi connectivity index (χ1) is 14.9. The van der Waals surface area contributed by atoms with Crippen LogP contribution in [0.1, 0.15) is 13.4 Å². The van der Waals surface area contributed by atoms with Crippen molar-refractivity contribution < 1.29 is 14.6 Å². The molecule has 3 aromatic rings. The zero-order valence-electron chi connectivity index (χ0n) is 16.5. The van der Waals surface area contributed by atoms with Gasteiger partial charge in [0.1, 0.15) is 0 Å². The number of aromatic nitrogens is 1. The predicted molar refractivity (Wildman–Crippen MR) is 125 cm³/mol. The summed E-state index contributed by atoms with van der Waals surface area (Å²) in [6.07, 6.45) is 2.96. The van der Waals surface area contributed by atoms with Gasteiger partial charge < -0.3 is 10.2 Å². The smallest absolute Gasteiger partial charge is 0.263 e. The summed E-state index contributed by atoms with van der Waals surface area (Å²) >= 11 is 7.39. The van der Waals surface area contributed by atoms with Gasteiger partial charge in [-0.25, -0.2) is 13.4 Å². The van der Waals surface area contributed by atoms with Crippen LogP contribution in [-0.4, -0.2) is 38.4 Å². The monoisotopic (exact) mass is 478 g/mol. The van der Waals surface area contributed by atoms with E-state index in [-0.39, 0.29) is 18.3 Å². The van der Waals surface area contributed by atoms with Gasteiger partial charge >= 0.3 is 0 Å². The summed E-state index contributed by atoms with van der Waals surface area (Å²) in [5.74, 6) is -0.0179. The maximum absolute atomic E-state index is 12.8. The Morgan fingerprint density at radius 3 is 2.68 bits per heavy atom. The number of thiazole rings is 1. The molecule has 1 amide bonds. The fraction of sp³-hybridized carbons (Fsp3) is 0.238. The van der Waals surface area contributed by atoms with Crippen LogP contribution in [0.5, 0.6) is 0 Å². The molecule has 0 spiro atoms. The van der Waals surface area contributed by atoms with E-state index in [4.69, 9.17) is 11.6 Å². The maximum atomic E-state index is 12.8. The number of amides is 1. The number of sulfonamides is 1. The molecule has 0 aliphatic carbocycles. The number of carbonyl (C=O) groups excluding carboxylic acids is 1. The number of hydrogen-bond donors (Lipinski definition) is 2. The number of rotatable bonds is 8. The van der Waals surface area contributed by atoms with Crippen LogP contribution in [0.2, 0.25) is 5.02 Å². The standard InChI is InChI=1S/C21H21ClN4O3S2.H2/c22-18-4-2-1-3-15(18)9-11-23-19-10-13-26(20(19)27)16-5-7-17(8-6-16)31(28,29)25-21-24-12-14-30-21;/h1-8,12,14,19,23H,9-11,13H2,(H,24,25);1H/t19-;/m0./s1. The zero-order valence-corrected chi connectivity index (χ0v) is 18.9. The highest BCUT2D eigenvalue weighted by Gasteiger charge is 2.32. The van der Waals surface area contributed by atoms with Crippen molar-refractivity contribution in [2.75, 3.05) is 22.7 Å². The topological polar surface area (TPSA) is 91.4 Å². The van der Waals surface area contributed by atoms with Gasteiger partial charge in [-0.15, -0.1) is 11.3 Å². The highest BCUT2D eigenvalue weighted by atomic mass is 35.5. The van der Waals surface area contributed by atoms with Gasteiger partial charge in [0.05, 0.1) is 10.9 Å². The minimum Gasteiger partial charge on any atom is -0.311 e. The van der Waals surface area contributed by atoms with Crippen molar-refractivity contribution in [1.82, 2.24) is 10.3 Å². The van der Waals surface area contributed by atoms with E-state index in [0.717, 1.165) is 17.0 Å². The average molecular weight is 479 g/mol. The summed E-state index contributed by atoms with van der Waals surface area (Å²) in [4.78, 5) is 18.5. The lowest BCUT2D eigenvalue weighted by molar-refractivity contribution is -0.118. The maximum Gasteiger partial charge on any atom is 0.263 e. The van der Waals surface area contributed by atoms with Crippen LogP contribution < -0.4 is 14.9 Å². The highest BCUT2D eigenvalue weighted by molar-refractivity contribution is 7.93. The molecule has 2 N–H and O–H groups in total. The van der Waals surface area contributed by atoms with Gasteiger partial charge in [0.2, 0.25) is 5.91 Å². The second kappa shape index (κ2) is 9.35. The van der Waals surface area contributed by atoms with Crippen molar-refractivity contribution in [3.63, 3.8) is 0 Å². The van der Waals surface area contributed by atoms with Crippen molar-refractivity contribution in [3.8, 4) is 0 Å². The number of nitrogens with zero attached hydrogens (tertiary/aromatic N) is 2. The first-order valence-electron chi connectivity index (χ1n) is 9.74. The first kappa shape index (κ1) is 21.8. The van der Waals surface area contributed by atoms with E-state index in [2.05, 4.69) is 15.0 Å². The third-order valence-electron chi connectivity index (χ3n) is 5.06. The molecule has 0 radical (unpaired) electrons. The van der Waals surface area contributed by atoms with Gasteiger partial charge in [0.15, 0.2) is 5.13 Å². The lowest BCUT2D eigenvalue weighted by Gasteiger charge is -2.18. The average Bonchev–Trinajstić information content (AvgIpc) is 3.39. The molecule has 4 rings (SSSR count). The van der Waals surface area contributed by atoms with Gasteiger partial charge in [-0.1, -0.05) is 29.8 Å². The third-order valence-corrected chi connectivity index (χ3v) is 7.60. The summed E-state index contributed by atoms with van der Waals surface area (Å²) in [5, 5.41) is 6.03. The lowest BCUT2D eigenvalue weighted by Crippen LogP contribution is -2.39. The molecule has 10 heteroatoms. The van der Waals surface area contributed by atoms with E-state index in [1.165, 1.54) is 29.7 Å². The van der Waals surface area contributed by atoms with Crippen LogP contribution in [0.15, 0.2) is 65.0 Å². The highest BCUT2D eigenvalue weighted by Crippen LogP contribution is 2.25. The van der Waals surface area contributed by atoms with E-state index in [9.17, 15) is 13.2 Å². The van der Waals surface area contributed by atoms with E-state index in [1.807, 2.05) is 24.3 Å². The summed E-state index contributed by atoms with van der Waals surface area (Å²) in [7, 11) is -3.72. The van der Waals surface area contributed by atoms with Crippen LogP contribution in [0.25, 0.3) is 0 Å². The third kappa shape index (κ3) is 5.07. The molecule has 2 aromatic carbocycles. The van der Waals surface area contributed by atoms with E-state index < -0.39 is 10.0 Å². The lowest BCUT2D eigenvalue weighted by atomic mass is 10.1. The van der Waals surface area contributed by atoms with Gasteiger partial charge in [0.25, 0.3) is 10.0 Å². The van der Waals surface area contributed by atoms with Gasteiger partial charge in [-0.2, -0.15) is 0 Å². The van der Waals surface area contributed by atoms with Gasteiger partial charge in [0, 0.05) is 30.3 Å². The molecule has 2 heterocycles. The van der Waals surface area contributed by atoms with Crippen molar-refractivity contribution in [1.29, 1.82) is 0 Å². The number of benzene rings is 2. The molecule has 31 heavy (non-hydrogen) atoms. The number of anilines is 2. The Kier molecular flexibility index (Phi) is 6.57. The Hall–Kier alpha value is -2.46. The number of hydrogen-bond acceptors (Lipinski definition) is 6. The van der Waals surface area contributed by atoms with Crippen LogP contribution in [0.4, 0.5) is 10.8 Å². The Bertz CT molecular complexity index is 1160. The molecular formula is C21H23ClN4O3S2. The Labute approximate surface area is 191 Å². The number of halogens is 1. The fourth-order valence-corrected chi connectivity index (χ4v) is 5.48. The van der Waals surface area contributed by atoms with Crippen molar-refractivity contribution in [3.05, 3.63) is 70.7 Å². The Morgan fingerprint density at radius 2 is 1.97 bits per heavy atom. The summed E-state index contributed by atoms with van der Waals surface area (Å²) in [6, 6.07) is 13.7. The fourth-order valence-electron chi connectivity index (χ4n) is 3.46. The molecule has 0 bridgehead atoms. The number of carbonyl (C=O) groups is 1. The second-order valence-electron chi connectivity index (χ2n) is 7.06. The van der Waals surface area contributed by atoms with Crippen molar-refractivity contribution in [2.24, 2.45) is 0 Å². The van der Waals surface area contributed by atoms with Gasteiger partial charge in [-0.3, -0.25) is 9.52 Å². The second-order valence-corrected chi connectivity index (χ2v) is 10.0. The van der Waals surface area contributed by atoms with Crippen molar-refractivity contribution >= 4 is 49.7 Å². The molecule has 1 aromatic heterocycles. The Morgan fingerprint density at radius 1 is 1.19 bits per heavy atom. The van der Waals surface area contributed by atoms with Crippen molar-refractivity contribution in [2.45, 2.75) is 23.8 Å².